The summed E-state index contributed by atoms with van der Waals surface area (Å²) >= 11 is 11.8. The largest absolute Gasteiger partial charge is 0.482 e. The SMILES string of the molecule is O=C1COc2ccc(C(=O)Nc3ccc(Cl)cc3Cl)cc2N1. The molecule has 5 nitrogen and oxygen atoms in total. The van der Waals surface area contributed by atoms with Crippen LogP contribution < -0.4 is 15.4 Å². The van der Waals surface area contributed by atoms with Gasteiger partial charge >= 0.3 is 0 Å². The molecular formula is C15H10Cl2N2O3. The number of amides is 2. The fourth-order valence-corrected chi connectivity index (χ4v) is 2.47. The predicted octanol–water partition coefficient (Wildman–Crippen LogP) is 3.58. The summed E-state index contributed by atoms with van der Waals surface area (Å²) in [4.78, 5) is 23.6. The number of fused-ring (bicyclic) bond motifs is 1. The van der Waals surface area contributed by atoms with Crippen molar-refractivity contribution >= 4 is 46.4 Å². The Morgan fingerprint density at radius 3 is 2.77 bits per heavy atom. The second-order valence-electron chi connectivity index (χ2n) is 4.63. The zero-order valence-electron chi connectivity index (χ0n) is 11.2. The van der Waals surface area contributed by atoms with Crippen LogP contribution in [0.3, 0.4) is 0 Å². The van der Waals surface area contributed by atoms with Crippen LogP contribution in [-0.4, -0.2) is 18.4 Å². The number of anilines is 2. The topological polar surface area (TPSA) is 67.4 Å². The zero-order valence-corrected chi connectivity index (χ0v) is 12.7. The molecule has 0 atom stereocenters. The summed E-state index contributed by atoms with van der Waals surface area (Å²) in [6, 6.07) is 9.57. The van der Waals surface area contributed by atoms with Gasteiger partial charge in [-0.2, -0.15) is 0 Å². The molecule has 2 aromatic carbocycles. The minimum Gasteiger partial charge on any atom is -0.482 e. The minimum atomic E-state index is -0.355. The van der Waals surface area contributed by atoms with Crippen molar-refractivity contribution < 1.29 is 14.3 Å². The monoisotopic (exact) mass is 336 g/mol. The van der Waals surface area contributed by atoms with Crippen molar-refractivity contribution in [2.75, 3.05) is 17.2 Å². The highest BCUT2D eigenvalue weighted by Gasteiger charge is 2.18. The van der Waals surface area contributed by atoms with Gasteiger partial charge in [0.15, 0.2) is 6.61 Å². The highest BCUT2D eigenvalue weighted by molar-refractivity contribution is 6.36. The number of carbonyl (C=O) groups is 2. The Morgan fingerprint density at radius 1 is 1.18 bits per heavy atom. The van der Waals surface area contributed by atoms with E-state index in [0.29, 0.717) is 32.7 Å². The van der Waals surface area contributed by atoms with Crippen molar-refractivity contribution in [1.29, 1.82) is 0 Å². The van der Waals surface area contributed by atoms with E-state index in [1.807, 2.05) is 0 Å². The summed E-state index contributed by atoms with van der Waals surface area (Å²) in [5.41, 5.74) is 1.29. The lowest BCUT2D eigenvalue weighted by atomic mass is 10.1. The molecule has 0 aliphatic carbocycles. The first-order valence-electron chi connectivity index (χ1n) is 6.36. The van der Waals surface area contributed by atoms with E-state index in [4.69, 9.17) is 27.9 Å². The summed E-state index contributed by atoms with van der Waals surface area (Å²) in [6.45, 7) is -0.0288. The van der Waals surface area contributed by atoms with Crippen LogP contribution >= 0.6 is 23.2 Å². The smallest absolute Gasteiger partial charge is 0.262 e. The summed E-state index contributed by atoms with van der Waals surface area (Å²) in [7, 11) is 0. The van der Waals surface area contributed by atoms with Gasteiger partial charge in [0, 0.05) is 10.6 Å². The third-order valence-corrected chi connectivity index (χ3v) is 3.60. The van der Waals surface area contributed by atoms with Crippen LogP contribution in [0.25, 0.3) is 0 Å². The first kappa shape index (κ1) is 14.7. The molecule has 1 aliphatic heterocycles. The highest BCUT2D eigenvalue weighted by atomic mass is 35.5. The molecule has 0 saturated carbocycles. The van der Waals surface area contributed by atoms with Crippen molar-refractivity contribution in [3.63, 3.8) is 0 Å². The molecule has 7 heteroatoms. The Morgan fingerprint density at radius 2 is 2.00 bits per heavy atom. The number of rotatable bonds is 2. The maximum atomic E-state index is 12.3. The quantitative estimate of drug-likeness (QED) is 0.880. The van der Waals surface area contributed by atoms with Crippen LogP contribution in [0.4, 0.5) is 11.4 Å². The maximum absolute atomic E-state index is 12.3. The number of hydrogen-bond donors (Lipinski definition) is 2. The molecule has 112 valence electrons. The van der Waals surface area contributed by atoms with Crippen LogP contribution in [-0.2, 0) is 4.79 Å². The molecule has 0 bridgehead atoms. The summed E-state index contributed by atoms with van der Waals surface area (Å²) in [5, 5.41) is 6.17. The zero-order chi connectivity index (χ0) is 15.7. The van der Waals surface area contributed by atoms with Gasteiger partial charge in [-0.05, 0) is 36.4 Å². The van der Waals surface area contributed by atoms with Crippen LogP contribution in [0, 0.1) is 0 Å². The first-order chi connectivity index (χ1) is 10.5. The van der Waals surface area contributed by atoms with Crippen molar-refractivity contribution in [2.24, 2.45) is 0 Å². The van der Waals surface area contributed by atoms with E-state index < -0.39 is 0 Å². The van der Waals surface area contributed by atoms with Gasteiger partial charge in [-0.3, -0.25) is 9.59 Å². The maximum Gasteiger partial charge on any atom is 0.262 e. The van der Waals surface area contributed by atoms with Crippen molar-refractivity contribution in [2.45, 2.75) is 0 Å². The summed E-state index contributed by atoms with van der Waals surface area (Å²) in [6.07, 6.45) is 0. The van der Waals surface area contributed by atoms with Gasteiger partial charge < -0.3 is 15.4 Å². The van der Waals surface area contributed by atoms with Gasteiger partial charge in [0.1, 0.15) is 5.75 Å². The predicted molar refractivity (Wildman–Crippen MR) is 85.0 cm³/mol. The molecular weight excluding hydrogens is 327 g/mol. The molecule has 2 aromatic rings. The van der Waals surface area contributed by atoms with Crippen molar-refractivity contribution in [3.05, 3.63) is 52.0 Å². The van der Waals surface area contributed by atoms with Crippen LogP contribution in [0.15, 0.2) is 36.4 Å². The molecule has 0 spiro atoms. The lowest BCUT2D eigenvalue weighted by molar-refractivity contribution is -0.118. The number of benzene rings is 2. The fourth-order valence-electron chi connectivity index (χ4n) is 2.01. The number of carbonyl (C=O) groups excluding carboxylic acids is 2. The van der Waals surface area contributed by atoms with Gasteiger partial charge in [0.05, 0.1) is 16.4 Å². The first-order valence-corrected chi connectivity index (χ1v) is 7.11. The molecule has 1 aliphatic rings. The molecule has 0 saturated heterocycles. The normalized spacial score (nSPS) is 12.9. The lowest BCUT2D eigenvalue weighted by Crippen LogP contribution is -2.25. The molecule has 1 heterocycles. The Balaban J connectivity index is 1.83. The summed E-state index contributed by atoms with van der Waals surface area (Å²) < 4.78 is 5.24. The Kier molecular flexibility index (Phi) is 3.92. The van der Waals surface area contributed by atoms with E-state index in [1.54, 1.807) is 36.4 Å². The van der Waals surface area contributed by atoms with Gasteiger partial charge in [0.2, 0.25) is 0 Å². The second-order valence-corrected chi connectivity index (χ2v) is 5.47. The Labute approximate surface area is 136 Å². The second kappa shape index (κ2) is 5.87. The van der Waals surface area contributed by atoms with Gasteiger partial charge in [-0.25, -0.2) is 0 Å². The van der Waals surface area contributed by atoms with Crippen LogP contribution in [0.1, 0.15) is 10.4 Å². The lowest BCUT2D eigenvalue weighted by Gasteiger charge is -2.18. The average Bonchev–Trinajstić information content (AvgIpc) is 2.49. The fraction of sp³-hybridized carbons (Fsp3) is 0.0667. The van der Waals surface area contributed by atoms with Crippen molar-refractivity contribution in [3.8, 4) is 5.75 Å². The molecule has 2 N–H and O–H groups in total. The van der Waals surface area contributed by atoms with E-state index in [1.165, 1.54) is 0 Å². The molecule has 3 rings (SSSR count). The standard InChI is InChI=1S/C15H10Cl2N2O3/c16-9-2-3-11(10(17)6-9)19-15(21)8-1-4-13-12(5-8)18-14(20)7-22-13/h1-6H,7H2,(H,18,20)(H,19,21). The molecule has 22 heavy (non-hydrogen) atoms. The minimum absolute atomic E-state index is 0.0288. The van der Waals surface area contributed by atoms with Gasteiger partial charge in [-0.1, -0.05) is 23.2 Å². The molecule has 0 radical (unpaired) electrons. The van der Waals surface area contributed by atoms with Crippen LogP contribution in [0.2, 0.25) is 10.0 Å². The van der Waals surface area contributed by atoms with Gasteiger partial charge in [0.25, 0.3) is 11.8 Å². The Hall–Kier alpha value is -2.24. The number of nitrogens with one attached hydrogen (secondary N) is 2. The molecule has 2 amide bonds. The third kappa shape index (κ3) is 3.00. The molecule has 0 aromatic heterocycles. The van der Waals surface area contributed by atoms with Crippen LogP contribution in [0.5, 0.6) is 5.75 Å². The van der Waals surface area contributed by atoms with E-state index >= 15 is 0 Å². The van der Waals surface area contributed by atoms with E-state index in [-0.39, 0.29) is 18.4 Å². The highest BCUT2D eigenvalue weighted by Crippen LogP contribution is 2.30. The summed E-state index contributed by atoms with van der Waals surface area (Å²) in [5.74, 6) is -0.0849. The number of ether oxygens (including phenoxy) is 1. The third-order valence-electron chi connectivity index (χ3n) is 3.05. The number of hydrogen-bond acceptors (Lipinski definition) is 3. The van der Waals surface area contributed by atoms with Gasteiger partial charge in [-0.15, -0.1) is 0 Å². The van der Waals surface area contributed by atoms with E-state index in [9.17, 15) is 9.59 Å². The molecule has 0 unspecified atom stereocenters. The van der Waals surface area contributed by atoms with E-state index in [0.717, 1.165) is 0 Å². The Bertz CT molecular complexity index is 777. The van der Waals surface area contributed by atoms with E-state index in [2.05, 4.69) is 10.6 Å². The average molecular weight is 337 g/mol. The molecule has 0 fully saturated rings. The van der Waals surface area contributed by atoms with Crippen molar-refractivity contribution in [1.82, 2.24) is 0 Å². The number of halogens is 2.